The zero-order valence-corrected chi connectivity index (χ0v) is 14.2. The van der Waals surface area contributed by atoms with Crippen LogP contribution in [0, 0.1) is 0 Å². The summed E-state index contributed by atoms with van der Waals surface area (Å²) in [4.78, 5) is 39.1. The fourth-order valence-corrected chi connectivity index (χ4v) is 3.15. The number of hydrogen-bond acceptors (Lipinski definition) is 6. The summed E-state index contributed by atoms with van der Waals surface area (Å²) >= 11 is 0. The Balaban J connectivity index is 1.87. The molecule has 2 heterocycles. The minimum atomic E-state index is -1.75. The second kappa shape index (κ2) is 6.27. The molecule has 0 aromatic heterocycles. The summed E-state index contributed by atoms with van der Waals surface area (Å²) in [6, 6.07) is 4.10. The van der Waals surface area contributed by atoms with E-state index in [9.17, 15) is 14.4 Å². The Bertz CT molecular complexity index is 735. The van der Waals surface area contributed by atoms with E-state index in [4.69, 9.17) is 15.2 Å². The lowest BCUT2D eigenvalue weighted by molar-refractivity contribution is -0.162. The maximum atomic E-state index is 13.0. The van der Waals surface area contributed by atoms with E-state index in [1.807, 2.05) is 0 Å². The fraction of sp³-hybridized carbons (Fsp3) is 0.471. The van der Waals surface area contributed by atoms with Crippen molar-refractivity contribution in [1.29, 1.82) is 0 Å². The Morgan fingerprint density at radius 1 is 1.48 bits per heavy atom. The number of nitrogens with zero attached hydrogens (tertiary/aromatic N) is 1. The number of hydrogen-bond donors (Lipinski definition) is 2. The highest BCUT2D eigenvalue weighted by Gasteiger charge is 2.52. The summed E-state index contributed by atoms with van der Waals surface area (Å²) in [7, 11) is 0. The van der Waals surface area contributed by atoms with E-state index >= 15 is 0 Å². The lowest BCUT2D eigenvalue weighted by Gasteiger charge is -2.37. The molecule has 2 atom stereocenters. The maximum absolute atomic E-state index is 13.0. The minimum Gasteiger partial charge on any atom is -0.466 e. The molecule has 2 aliphatic heterocycles. The van der Waals surface area contributed by atoms with Crippen LogP contribution in [0.2, 0.25) is 0 Å². The van der Waals surface area contributed by atoms with Crippen molar-refractivity contribution < 1.29 is 23.9 Å². The molecule has 1 saturated heterocycles. The monoisotopic (exact) mass is 347 g/mol. The third-order valence-electron chi connectivity index (χ3n) is 4.48. The number of carbonyl (C=O) groups is 3. The van der Waals surface area contributed by atoms with Gasteiger partial charge in [0, 0.05) is 12.2 Å². The first-order valence-corrected chi connectivity index (χ1v) is 8.24. The lowest BCUT2D eigenvalue weighted by atomic mass is 10.00. The molecule has 3 rings (SSSR count). The molecule has 2 aliphatic rings. The van der Waals surface area contributed by atoms with Gasteiger partial charge in [-0.15, -0.1) is 0 Å². The van der Waals surface area contributed by atoms with Crippen molar-refractivity contribution in [2.24, 2.45) is 0 Å². The molecule has 0 unspecified atom stereocenters. The van der Waals surface area contributed by atoms with Gasteiger partial charge >= 0.3 is 5.97 Å². The van der Waals surface area contributed by atoms with Gasteiger partial charge in [-0.25, -0.2) is 4.79 Å². The van der Waals surface area contributed by atoms with Gasteiger partial charge in [0.2, 0.25) is 0 Å². The van der Waals surface area contributed by atoms with Gasteiger partial charge in [0.15, 0.2) is 0 Å². The van der Waals surface area contributed by atoms with Crippen molar-refractivity contribution >= 4 is 29.2 Å². The molecule has 1 aromatic rings. The number of ether oxygens (including phenoxy) is 2. The van der Waals surface area contributed by atoms with E-state index in [0.717, 1.165) is 0 Å². The van der Waals surface area contributed by atoms with Gasteiger partial charge in [-0.2, -0.15) is 0 Å². The standard InChI is InChI=1S/C17H21N3O5/c1-3-24-14(21)12-5-4-8-20(12)16(23)17(2)15(22)19-11-9-10(18)6-7-13(11)25-17/h6-7,9,12H,3-5,8,18H2,1-2H3,(H,19,22)/t12-,17+/m0/s1. The molecule has 3 N–H and O–H groups in total. The second-order valence-electron chi connectivity index (χ2n) is 6.25. The number of likely N-dealkylation sites (tertiary alicyclic amines) is 1. The number of nitrogen functional groups attached to an aromatic ring is 1. The number of esters is 1. The minimum absolute atomic E-state index is 0.237. The van der Waals surface area contributed by atoms with E-state index in [-0.39, 0.29) is 6.61 Å². The molecule has 0 aliphatic carbocycles. The first-order chi connectivity index (χ1) is 11.9. The first-order valence-electron chi connectivity index (χ1n) is 8.24. The van der Waals surface area contributed by atoms with Gasteiger partial charge in [0.05, 0.1) is 12.3 Å². The quantitative estimate of drug-likeness (QED) is 0.478. The molecule has 0 bridgehead atoms. The van der Waals surface area contributed by atoms with Gasteiger partial charge < -0.3 is 25.4 Å². The molecule has 1 aromatic carbocycles. The zero-order chi connectivity index (χ0) is 18.2. The summed E-state index contributed by atoms with van der Waals surface area (Å²) in [6.07, 6.45) is 1.18. The normalized spacial score (nSPS) is 25.0. The first kappa shape index (κ1) is 17.1. The van der Waals surface area contributed by atoms with Crippen LogP contribution in [0.3, 0.4) is 0 Å². The zero-order valence-electron chi connectivity index (χ0n) is 14.2. The van der Waals surface area contributed by atoms with Crippen molar-refractivity contribution in [3.8, 4) is 5.75 Å². The number of anilines is 2. The Hall–Kier alpha value is -2.77. The summed E-state index contributed by atoms with van der Waals surface area (Å²) in [6.45, 7) is 3.73. The molecule has 2 amide bonds. The van der Waals surface area contributed by atoms with Crippen LogP contribution in [-0.2, 0) is 19.1 Å². The average molecular weight is 347 g/mol. The van der Waals surface area contributed by atoms with E-state index in [0.29, 0.717) is 36.5 Å². The van der Waals surface area contributed by atoms with Crippen LogP contribution in [0.1, 0.15) is 26.7 Å². The number of amides is 2. The molecule has 25 heavy (non-hydrogen) atoms. The second-order valence-corrected chi connectivity index (χ2v) is 6.25. The van der Waals surface area contributed by atoms with E-state index < -0.39 is 29.4 Å². The van der Waals surface area contributed by atoms with E-state index in [1.165, 1.54) is 11.8 Å². The number of fused-ring (bicyclic) bond motifs is 1. The molecule has 134 valence electrons. The Morgan fingerprint density at radius 3 is 2.96 bits per heavy atom. The summed E-state index contributed by atoms with van der Waals surface area (Å²) in [5, 5.41) is 2.66. The van der Waals surface area contributed by atoms with Crippen LogP contribution in [0.4, 0.5) is 11.4 Å². The van der Waals surface area contributed by atoms with Crippen LogP contribution in [0.25, 0.3) is 0 Å². The third-order valence-corrected chi connectivity index (χ3v) is 4.48. The number of carbonyl (C=O) groups excluding carboxylic acids is 3. The molecular weight excluding hydrogens is 326 g/mol. The number of nitrogens with two attached hydrogens (primary N) is 1. The van der Waals surface area contributed by atoms with Gasteiger partial charge in [-0.3, -0.25) is 9.59 Å². The van der Waals surface area contributed by atoms with Crippen molar-refractivity contribution in [2.45, 2.75) is 38.3 Å². The topological polar surface area (TPSA) is 111 Å². The number of nitrogens with one attached hydrogen (secondary N) is 1. The van der Waals surface area contributed by atoms with Crippen LogP contribution < -0.4 is 15.8 Å². The highest BCUT2D eigenvalue weighted by molar-refractivity contribution is 6.16. The van der Waals surface area contributed by atoms with Crippen molar-refractivity contribution in [3.05, 3.63) is 18.2 Å². The molecule has 0 spiro atoms. The van der Waals surface area contributed by atoms with Crippen molar-refractivity contribution in [2.75, 3.05) is 24.2 Å². The molecule has 0 radical (unpaired) electrons. The van der Waals surface area contributed by atoms with Crippen LogP contribution in [-0.4, -0.2) is 47.5 Å². The molecule has 1 fully saturated rings. The van der Waals surface area contributed by atoms with Crippen LogP contribution >= 0.6 is 0 Å². The number of rotatable bonds is 3. The highest BCUT2D eigenvalue weighted by Crippen LogP contribution is 2.36. The molecule has 0 saturated carbocycles. The van der Waals surface area contributed by atoms with E-state index in [2.05, 4.69) is 5.32 Å². The fourth-order valence-electron chi connectivity index (χ4n) is 3.15. The molecule has 8 heteroatoms. The van der Waals surface area contributed by atoms with Crippen molar-refractivity contribution in [3.63, 3.8) is 0 Å². The Labute approximate surface area is 145 Å². The SMILES string of the molecule is CCOC(=O)[C@@H]1CCCN1C(=O)[C@]1(C)Oc2ccc(N)cc2NC1=O. The maximum Gasteiger partial charge on any atom is 0.328 e. The average Bonchev–Trinajstić information content (AvgIpc) is 3.05. The van der Waals surface area contributed by atoms with Crippen LogP contribution in [0.5, 0.6) is 5.75 Å². The van der Waals surface area contributed by atoms with Gasteiger partial charge in [-0.05, 0) is 44.9 Å². The predicted molar refractivity (Wildman–Crippen MR) is 89.9 cm³/mol. The number of benzene rings is 1. The largest absolute Gasteiger partial charge is 0.466 e. The Kier molecular flexibility index (Phi) is 4.28. The summed E-state index contributed by atoms with van der Waals surface area (Å²) in [5.41, 5.74) is 4.84. The summed E-state index contributed by atoms with van der Waals surface area (Å²) < 4.78 is 10.8. The van der Waals surface area contributed by atoms with E-state index in [1.54, 1.807) is 25.1 Å². The van der Waals surface area contributed by atoms with Gasteiger partial charge in [0.25, 0.3) is 17.4 Å². The van der Waals surface area contributed by atoms with Gasteiger partial charge in [0.1, 0.15) is 11.8 Å². The summed E-state index contributed by atoms with van der Waals surface area (Å²) in [5.74, 6) is -1.24. The van der Waals surface area contributed by atoms with Crippen LogP contribution in [0.15, 0.2) is 18.2 Å². The Morgan fingerprint density at radius 2 is 2.24 bits per heavy atom. The van der Waals surface area contributed by atoms with Gasteiger partial charge in [-0.1, -0.05) is 0 Å². The predicted octanol–water partition coefficient (Wildman–Crippen LogP) is 0.912. The van der Waals surface area contributed by atoms with Crippen molar-refractivity contribution in [1.82, 2.24) is 4.90 Å². The highest BCUT2D eigenvalue weighted by atomic mass is 16.5. The smallest absolute Gasteiger partial charge is 0.328 e. The molecule has 8 nitrogen and oxygen atoms in total. The molecular formula is C17H21N3O5. The lowest BCUT2D eigenvalue weighted by Crippen LogP contribution is -2.61. The third kappa shape index (κ3) is 2.88.